The van der Waals surface area contributed by atoms with Gasteiger partial charge in [-0.1, -0.05) is 13.8 Å². The third-order valence-corrected chi connectivity index (χ3v) is 3.95. The Hall–Kier alpha value is -0.160. The summed E-state index contributed by atoms with van der Waals surface area (Å²) in [4.78, 5) is 2.36. The van der Waals surface area contributed by atoms with Gasteiger partial charge in [0.2, 0.25) is 0 Å². The topological polar surface area (TPSA) is 58.7 Å². The first-order valence-corrected chi connectivity index (χ1v) is 7.17. The maximum absolute atomic E-state index is 9.58. The molecule has 108 valence electrons. The van der Waals surface area contributed by atoms with Crippen LogP contribution in [0.3, 0.4) is 0 Å². The van der Waals surface area contributed by atoms with E-state index in [0.717, 1.165) is 39.0 Å². The normalized spacial score (nSPS) is 22.3. The van der Waals surface area contributed by atoms with Crippen molar-refractivity contribution in [1.29, 1.82) is 0 Å². The summed E-state index contributed by atoms with van der Waals surface area (Å²) in [5.74, 6) is 1.26. The molecule has 0 radical (unpaired) electrons. The van der Waals surface area contributed by atoms with Gasteiger partial charge < -0.3 is 15.6 Å². The maximum Gasteiger partial charge on any atom is 0.0601 e. The Balaban J connectivity index is 2.42. The first kappa shape index (κ1) is 15.9. The number of ether oxygens (including phenoxy) is 1. The molecule has 0 aliphatic carbocycles. The highest BCUT2D eigenvalue weighted by Crippen LogP contribution is 2.21. The SMILES string of the molecule is COCC1CCN(C(CO)C(N)CC(C)C)CC1. The molecule has 4 nitrogen and oxygen atoms in total. The monoisotopic (exact) mass is 258 g/mol. The summed E-state index contributed by atoms with van der Waals surface area (Å²) in [6.45, 7) is 7.45. The first-order valence-electron chi connectivity index (χ1n) is 7.17. The molecule has 1 aliphatic heterocycles. The lowest BCUT2D eigenvalue weighted by atomic mass is 9.92. The molecule has 0 amide bonds. The fourth-order valence-corrected chi connectivity index (χ4v) is 2.91. The van der Waals surface area contributed by atoms with Gasteiger partial charge in [0.05, 0.1) is 6.61 Å². The molecular formula is C14H30N2O2. The second-order valence-corrected chi connectivity index (χ2v) is 5.98. The summed E-state index contributed by atoms with van der Waals surface area (Å²) < 4.78 is 5.21. The van der Waals surface area contributed by atoms with Gasteiger partial charge in [0.1, 0.15) is 0 Å². The molecule has 0 spiro atoms. The van der Waals surface area contributed by atoms with Gasteiger partial charge in [-0.15, -0.1) is 0 Å². The van der Waals surface area contributed by atoms with Crippen molar-refractivity contribution in [3.05, 3.63) is 0 Å². The van der Waals surface area contributed by atoms with E-state index in [9.17, 15) is 5.11 Å². The zero-order valence-corrected chi connectivity index (χ0v) is 12.1. The predicted molar refractivity (Wildman–Crippen MR) is 74.5 cm³/mol. The molecule has 2 atom stereocenters. The van der Waals surface area contributed by atoms with Crippen molar-refractivity contribution >= 4 is 0 Å². The van der Waals surface area contributed by atoms with Crippen LogP contribution < -0.4 is 5.73 Å². The lowest BCUT2D eigenvalue weighted by Crippen LogP contribution is -2.53. The molecule has 4 heteroatoms. The molecule has 0 aromatic heterocycles. The minimum Gasteiger partial charge on any atom is -0.395 e. The summed E-state index contributed by atoms with van der Waals surface area (Å²) in [6.07, 6.45) is 3.28. The third-order valence-electron chi connectivity index (χ3n) is 3.95. The largest absolute Gasteiger partial charge is 0.395 e. The van der Waals surface area contributed by atoms with Crippen molar-refractivity contribution in [2.75, 3.05) is 33.4 Å². The fourth-order valence-electron chi connectivity index (χ4n) is 2.91. The number of rotatable bonds is 7. The van der Waals surface area contributed by atoms with E-state index in [2.05, 4.69) is 18.7 Å². The van der Waals surface area contributed by atoms with Crippen LogP contribution in [0.25, 0.3) is 0 Å². The van der Waals surface area contributed by atoms with E-state index < -0.39 is 0 Å². The molecule has 3 N–H and O–H groups in total. The number of nitrogens with two attached hydrogens (primary N) is 1. The van der Waals surface area contributed by atoms with E-state index in [1.165, 1.54) is 0 Å². The highest BCUT2D eigenvalue weighted by Gasteiger charge is 2.28. The Kier molecular flexibility index (Phi) is 7.15. The van der Waals surface area contributed by atoms with Crippen molar-refractivity contribution in [3.8, 4) is 0 Å². The van der Waals surface area contributed by atoms with Crippen LogP contribution in [0.5, 0.6) is 0 Å². The van der Waals surface area contributed by atoms with Crippen molar-refractivity contribution < 1.29 is 9.84 Å². The van der Waals surface area contributed by atoms with Crippen molar-refractivity contribution in [2.45, 2.75) is 45.2 Å². The standard InChI is InChI=1S/C14H30N2O2/c1-11(2)8-13(15)14(9-17)16-6-4-12(5-7-16)10-18-3/h11-14,17H,4-10,15H2,1-3H3. The molecule has 1 saturated heterocycles. The van der Waals surface area contributed by atoms with E-state index in [1.807, 2.05) is 0 Å². The molecule has 0 bridgehead atoms. The first-order chi connectivity index (χ1) is 8.58. The molecule has 0 aromatic rings. The van der Waals surface area contributed by atoms with E-state index in [0.29, 0.717) is 11.8 Å². The van der Waals surface area contributed by atoms with E-state index in [-0.39, 0.29) is 18.7 Å². The molecule has 0 saturated carbocycles. The Bertz CT molecular complexity index is 216. The van der Waals surface area contributed by atoms with E-state index >= 15 is 0 Å². The van der Waals surface area contributed by atoms with Crippen LogP contribution in [-0.2, 0) is 4.74 Å². The molecule has 1 heterocycles. The highest BCUT2D eigenvalue weighted by atomic mass is 16.5. The number of hydrogen-bond donors (Lipinski definition) is 2. The van der Waals surface area contributed by atoms with Crippen LogP contribution in [0.4, 0.5) is 0 Å². The number of nitrogens with zero attached hydrogens (tertiary/aromatic N) is 1. The molecule has 2 unspecified atom stereocenters. The number of likely N-dealkylation sites (tertiary alicyclic amines) is 1. The molecule has 18 heavy (non-hydrogen) atoms. The Labute approximate surface area is 111 Å². The van der Waals surface area contributed by atoms with Gasteiger partial charge in [-0.25, -0.2) is 0 Å². The number of aliphatic hydroxyl groups excluding tert-OH is 1. The van der Waals surface area contributed by atoms with E-state index in [1.54, 1.807) is 7.11 Å². The number of methoxy groups -OCH3 is 1. The fraction of sp³-hybridized carbons (Fsp3) is 1.00. The van der Waals surface area contributed by atoms with Gasteiger partial charge in [0, 0.05) is 25.8 Å². The van der Waals surface area contributed by atoms with Gasteiger partial charge >= 0.3 is 0 Å². The average molecular weight is 258 g/mol. The summed E-state index contributed by atoms with van der Waals surface area (Å²) in [5, 5.41) is 9.58. The molecule has 1 fully saturated rings. The number of aliphatic hydroxyl groups is 1. The lowest BCUT2D eigenvalue weighted by Gasteiger charge is -2.39. The minimum absolute atomic E-state index is 0.0778. The molecular weight excluding hydrogens is 228 g/mol. The van der Waals surface area contributed by atoms with Gasteiger partial charge in [-0.3, -0.25) is 4.90 Å². The maximum atomic E-state index is 9.58. The number of piperidine rings is 1. The van der Waals surface area contributed by atoms with Crippen LogP contribution in [-0.4, -0.2) is 55.5 Å². The summed E-state index contributed by atoms with van der Waals surface area (Å²) in [7, 11) is 1.77. The van der Waals surface area contributed by atoms with Crippen LogP contribution in [0.15, 0.2) is 0 Å². The predicted octanol–water partition coefficient (Wildman–Crippen LogP) is 1.08. The Morgan fingerprint density at radius 2 is 1.94 bits per heavy atom. The third kappa shape index (κ3) is 4.84. The molecule has 0 aromatic carbocycles. The van der Waals surface area contributed by atoms with Gasteiger partial charge in [-0.2, -0.15) is 0 Å². The van der Waals surface area contributed by atoms with Crippen LogP contribution in [0.1, 0.15) is 33.1 Å². The minimum atomic E-state index is 0.0778. The lowest BCUT2D eigenvalue weighted by molar-refractivity contribution is 0.0463. The molecule has 1 aliphatic rings. The second-order valence-electron chi connectivity index (χ2n) is 5.98. The second kappa shape index (κ2) is 8.10. The smallest absolute Gasteiger partial charge is 0.0601 e. The van der Waals surface area contributed by atoms with Crippen molar-refractivity contribution in [3.63, 3.8) is 0 Å². The zero-order chi connectivity index (χ0) is 13.5. The van der Waals surface area contributed by atoms with Crippen molar-refractivity contribution in [1.82, 2.24) is 4.90 Å². The average Bonchev–Trinajstić information content (AvgIpc) is 2.31. The summed E-state index contributed by atoms with van der Waals surface area (Å²) >= 11 is 0. The quantitative estimate of drug-likeness (QED) is 0.717. The van der Waals surface area contributed by atoms with Gasteiger partial charge in [0.15, 0.2) is 0 Å². The Morgan fingerprint density at radius 1 is 1.33 bits per heavy atom. The number of hydrogen-bond acceptors (Lipinski definition) is 4. The van der Waals surface area contributed by atoms with E-state index in [4.69, 9.17) is 10.5 Å². The van der Waals surface area contributed by atoms with Crippen LogP contribution in [0, 0.1) is 11.8 Å². The Morgan fingerprint density at radius 3 is 2.39 bits per heavy atom. The zero-order valence-electron chi connectivity index (χ0n) is 12.1. The summed E-state index contributed by atoms with van der Waals surface area (Å²) in [6, 6.07) is 0.199. The van der Waals surface area contributed by atoms with Gasteiger partial charge in [-0.05, 0) is 44.2 Å². The van der Waals surface area contributed by atoms with Gasteiger partial charge in [0.25, 0.3) is 0 Å². The summed E-state index contributed by atoms with van der Waals surface area (Å²) in [5.41, 5.74) is 6.23. The molecule has 1 rings (SSSR count). The van der Waals surface area contributed by atoms with Crippen LogP contribution >= 0.6 is 0 Å². The van der Waals surface area contributed by atoms with Crippen LogP contribution in [0.2, 0.25) is 0 Å². The highest BCUT2D eigenvalue weighted by molar-refractivity contribution is 4.85. The van der Waals surface area contributed by atoms with Crippen molar-refractivity contribution in [2.24, 2.45) is 17.6 Å².